The van der Waals surface area contributed by atoms with Crippen molar-refractivity contribution in [2.24, 2.45) is 5.73 Å². The fourth-order valence-corrected chi connectivity index (χ4v) is 2.13. The number of nitrogens with two attached hydrogens (primary N) is 1. The van der Waals surface area contributed by atoms with E-state index in [0.29, 0.717) is 0 Å². The zero-order chi connectivity index (χ0) is 10.7. The Labute approximate surface area is 101 Å². The molecule has 0 aromatic carbocycles. The van der Waals surface area contributed by atoms with E-state index in [0.717, 1.165) is 31.6 Å². The van der Waals surface area contributed by atoms with Crippen LogP contribution in [0, 0.1) is 0 Å². The maximum absolute atomic E-state index is 11.6. The van der Waals surface area contributed by atoms with Crippen LogP contribution in [0.25, 0.3) is 0 Å². The van der Waals surface area contributed by atoms with Crippen molar-refractivity contribution < 1.29 is 4.79 Å². The van der Waals surface area contributed by atoms with Gasteiger partial charge >= 0.3 is 0 Å². The molecular formula is C11H16ClN3O. The highest BCUT2D eigenvalue weighted by Crippen LogP contribution is 2.31. The van der Waals surface area contributed by atoms with Gasteiger partial charge in [-0.15, -0.1) is 12.4 Å². The summed E-state index contributed by atoms with van der Waals surface area (Å²) in [5.41, 5.74) is 5.77. The highest BCUT2D eigenvalue weighted by Gasteiger charge is 2.40. The Morgan fingerprint density at radius 3 is 2.56 bits per heavy atom. The van der Waals surface area contributed by atoms with Crippen molar-refractivity contribution in [3.05, 3.63) is 30.1 Å². The van der Waals surface area contributed by atoms with E-state index < -0.39 is 5.41 Å². The quantitative estimate of drug-likeness (QED) is 0.797. The summed E-state index contributed by atoms with van der Waals surface area (Å²) in [6, 6.07) is 5.63. The maximum Gasteiger partial charge on any atom is 0.229 e. The van der Waals surface area contributed by atoms with Crippen LogP contribution in [-0.2, 0) is 10.2 Å². The number of primary amides is 1. The van der Waals surface area contributed by atoms with Gasteiger partial charge in [0, 0.05) is 6.20 Å². The van der Waals surface area contributed by atoms with E-state index in [1.807, 2.05) is 18.2 Å². The second kappa shape index (κ2) is 5.27. The lowest BCUT2D eigenvalue weighted by molar-refractivity contribution is -0.124. The average Bonchev–Trinajstić information content (AvgIpc) is 2.31. The number of rotatable bonds is 2. The fraction of sp³-hybridized carbons (Fsp3) is 0.455. The van der Waals surface area contributed by atoms with Gasteiger partial charge in [0.1, 0.15) is 0 Å². The molecule has 88 valence electrons. The van der Waals surface area contributed by atoms with Gasteiger partial charge in [0.25, 0.3) is 0 Å². The molecule has 2 heterocycles. The Hall–Kier alpha value is -1.13. The van der Waals surface area contributed by atoms with Gasteiger partial charge in [-0.05, 0) is 38.1 Å². The first kappa shape index (κ1) is 12.9. The number of hydrogen-bond acceptors (Lipinski definition) is 3. The number of nitrogens with zero attached hydrogens (tertiary/aromatic N) is 1. The van der Waals surface area contributed by atoms with Gasteiger partial charge in [-0.25, -0.2) is 0 Å². The van der Waals surface area contributed by atoms with Crippen molar-refractivity contribution in [1.82, 2.24) is 10.3 Å². The molecule has 1 fully saturated rings. The van der Waals surface area contributed by atoms with Crippen molar-refractivity contribution in [3.8, 4) is 0 Å². The minimum absolute atomic E-state index is 0. The van der Waals surface area contributed by atoms with Crippen LogP contribution >= 0.6 is 12.4 Å². The molecule has 1 aliphatic rings. The van der Waals surface area contributed by atoms with Crippen LogP contribution in [-0.4, -0.2) is 24.0 Å². The molecular weight excluding hydrogens is 226 g/mol. The number of carbonyl (C=O) groups excluding carboxylic acids is 1. The number of carbonyl (C=O) groups is 1. The largest absolute Gasteiger partial charge is 0.369 e. The predicted molar refractivity (Wildman–Crippen MR) is 64.5 cm³/mol. The van der Waals surface area contributed by atoms with E-state index in [-0.39, 0.29) is 18.3 Å². The van der Waals surface area contributed by atoms with Crippen LogP contribution in [0.2, 0.25) is 0 Å². The third kappa shape index (κ3) is 2.18. The summed E-state index contributed by atoms with van der Waals surface area (Å²) < 4.78 is 0. The first-order valence-corrected chi connectivity index (χ1v) is 5.18. The van der Waals surface area contributed by atoms with Crippen molar-refractivity contribution in [1.29, 1.82) is 0 Å². The molecule has 1 saturated heterocycles. The highest BCUT2D eigenvalue weighted by molar-refractivity contribution is 5.86. The molecule has 0 radical (unpaired) electrons. The average molecular weight is 242 g/mol. The Balaban J connectivity index is 0.00000128. The molecule has 5 heteroatoms. The summed E-state index contributed by atoms with van der Waals surface area (Å²) in [5.74, 6) is -0.261. The maximum atomic E-state index is 11.6. The van der Waals surface area contributed by atoms with Gasteiger partial charge < -0.3 is 11.1 Å². The van der Waals surface area contributed by atoms with E-state index >= 15 is 0 Å². The molecule has 16 heavy (non-hydrogen) atoms. The van der Waals surface area contributed by atoms with Crippen molar-refractivity contribution in [2.45, 2.75) is 18.3 Å². The fourth-order valence-electron chi connectivity index (χ4n) is 2.13. The number of hydrogen-bond donors (Lipinski definition) is 2. The Morgan fingerprint density at radius 2 is 2.06 bits per heavy atom. The van der Waals surface area contributed by atoms with E-state index in [9.17, 15) is 4.79 Å². The Morgan fingerprint density at radius 1 is 1.38 bits per heavy atom. The zero-order valence-electron chi connectivity index (χ0n) is 8.98. The minimum Gasteiger partial charge on any atom is -0.369 e. The number of nitrogens with one attached hydrogen (secondary N) is 1. The lowest BCUT2D eigenvalue weighted by atomic mass is 9.75. The molecule has 0 atom stereocenters. The van der Waals surface area contributed by atoms with Gasteiger partial charge in [0.05, 0.1) is 11.1 Å². The molecule has 3 N–H and O–H groups in total. The third-order valence-corrected chi connectivity index (χ3v) is 3.08. The number of halogens is 1. The summed E-state index contributed by atoms with van der Waals surface area (Å²) in [6.45, 7) is 1.64. The molecule has 1 amide bonds. The monoisotopic (exact) mass is 241 g/mol. The normalized spacial score (nSPS) is 18.5. The molecule has 1 aromatic heterocycles. The van der Waals surface area contributed by atoms with Crippen LogP contribution in [0.4, 0.5) is 0 Å². The third-order valence-electron chi connectivity index (χ3n) is 3.08. The van der Waals surface area contributed by atoms with Crippen LogP contribution in [0.5, 0.6) is 0 Å². The molecule has 4 nitrogen and oxygen atoms in total. The molecule has 0 spiro atoms. The van der Waals surface area contributed by atoms with Gasteiger partial charge in [0.2, 0.25) is 5.91 Å². The summed E-state index contributed by atoms with van der Waals surface area (Å²) in [5, 5.41) is 3.23. The summed E-state index contributed by atoms with van der Waals surface area (Å²) in [4.78, 5) is 15.9. The van der Waals surface area contributed by atoms with Crippen LogP contribution in [0.1, 0.15) is 18.5 Å². The van der Waals surface area contributed by atoms with Crippen molar-refractivity contribution in [2.75, 3.05) is 13.1 Å². The van der Waals surface area contributed by atoms with E-state index in [2.05, 4.69) is 10.3 Å². The summed E-state index contributed by atoms with van der Waals surface area (Å²) in [7, 11) is 0. The van der Waals surface area contributed by atoms with Crippen LogP contribution in [0.3, 0.4) is 0 Å². The number of amides is 1. The Bertz CT molecular complexity index is 350. The molecule has 0 aliphatic carbocycles. The molecule has 1 aromatic rings. The van der Waals surface area contributed by atoms with Crippen LogP contribution in [0.15, 0.2) is 24.4 Å². The minimum atomic E-state index is -0.563. The molecule has 0 bridgehead atoms. The summed E-state index contributed by atoms with van der Waals surface area (Å²) in [6.07, 6.45) is 3.18. The second-order valence-electron chi connectivity index (χ2n) is 3.91. The lowest BCUT2D eigenvalue weighted by Gasteiger charge is -2.33. The number of piperidine rings is 1. The first-order valence-electron chi connectivity index (χ1n) is 5.18. The van der Waals surface area contributed by atoms with Gasteiger partial charge in [-0.3, -0.25) is 9.78 Å². The molecule has 0 saturated carbocycles. The van der Waals surface area contributed by atoms with Gasteiger partial charge in [-0.1, -0.05) is 6.07 Å². The topological polar surface area (TPSA) is 68.0 Å². The lowest BCUT2D eigenvalue weighted by Crippen LogP contribution is -2.49. The zero-order valence-corrected chi connectivity index (χ0v) is 9.80. The highest BCUT2D eigenvalue weighted by atomic mass is 35.5. The molecule has 0 unspecified atom stereocenters. The van der Waals surface area contributed by atoms with E-state index in [1.54, 1.807) is 6.20 Å². The molecule has 1 aliphatic heterocycles. The predicted octanol–water partition coefficient (Wildman–Crippen LogP) is 0.610. The summed E-state index contributed by atoms with van der Waals surface area (Å²) >= 11 is 0. The first-order chi connectivity index (χ1) is 7.26. The van der Waals surface area contributed by atoms with E-state index in [4.69, 9.17) is 5.73 Å². The number of pyridine rings is 1. The SMILES string of the molecule is Cl.NC(=O)C1(c2ccccn2)CCNCC1. The van der Waals surface area contributed by atoms with Crippen molar-refractivity contribution in [3.63, 3.8) is 0 Å². The van der Waals surface area contributed by atoms with Gasteiger partial charge in [0.15, 0.2) is 0 Å². The smallest absolute Gasteiger partial charge is 0.229 e. The van der Waals surface area contributed by atoms with Crippen molar-refractivity contribution >= 4 is 18.3 Å². The van der Waals surface area contributed by atoms with Crippen LogP contribution < -0.4 is 11.1 Å². The Kier molecular flexibility index (Phi) is 4.26. The molecule has 2 rings (SSSR count). The standard InChI is InChI=1S/C11H15N3O.ClH/c12-10(15)11(4-7-13-8-5-11)9-3-1-2-6-14-9;/h1-3,6,13H,4-5,7-8H2,(H2,12,15);1H. The van der Waals surface area contributed by atoms with E-state index in [1.165, 1.54) is 0 Å². The number of aromatic nitrogens is 1. The second-order valence-corrected chi connectivity index (χ2v) is 3.91. The van der Waals surface area contributed by atoms with Gasteiger partial charge in [-0.2, -0.15) is 0 Å².